The van der Waals surface area contributed by atoms with Gasteiger partial charge in [-0.15, -0.1) is 0 Å². The van der Waals surface area contributed by atoms with Gasteiger partial charge in [0.2, 0.25) is 0 Å². The second-order valence-corrected chi connectivity index (χ2v) is 8.95. The molecule has 7 heteroatoms. The van der Waals surface area contributed by atoms with E-state index in [9.17, 15) is 9.18 Å². The Morgan fingerprint density at radius 3 is 2.55 bits per heavy atom. The molecule has 0 unspecified atom stereocenters. The molecule has 1 amide bonds. The molecule has 2 aromatic carbocycles. The van der Waals surface area contributed by atoms with Crippen molar-refractivity contribution in [3.05, 3.63) is 48.3 Å². The van der Waals surface area contributed by atoms with E-state index in [-0.39, 0.29) is 18.0 Å². The van der Waals surface area contributed by atoms with Crippen LogP contribution in [0.2, 0.25) is 0 Å². The fourth-order valence-electron chi connectivity index (χ4n) is 3.83. The summed E-state index contributed by atoms with van der Waals surface area (Å²) in [7, 11) is 1.87. The van der Waals surface area contributed by atoms with E-state index in [0.29, 0.717) is 13.1 Å². The monoisotopic (exact) mass is 425 g/mol. The molecule has 1 aromatic heterocycles. The molecule has 1 aliphatic heterocycles. The number of aryl methyl sites for hydroxylation is 1. The smallest absolute Gasteiger partial charge is 0.410 e. The summed E-state index contributed by atoms with van der Waals surface area (Å²) in [4.78, 5) is 14.0. The predicted molar refractivity (Wildman–Crippen MR) is 118 cm³/mol. The lowest BCUT2D eigenvalue weighted by Gasteiger charge is -2.33. The lowest BCUT2D eigenvalue weighted by atomic mass is 10.1. The van der Waals surface area contributed by atoms with Crippen LogP contribution in [0.1, 0.15) is 33.6 Å². The predicted octanol–water partition coefficient (Wildman–Crippen LogP) is 5.16. The first kappa shape index (κ1) is 21.2. The molecule has 6 nitrogen and oxygen atoms in total. The Morgan fingerprint density at radius 1 is 1.13 bits per heavy atom. The Kier molecular flexibility index (Phi) is 5.60. The van der Waals surface area contributed by atoms with E-state index in [2.05, 4.69) is 5.10 Å². The topological polar surface area (TPSA) is 56.6 Å². The molecule has 0 saturated carbocycles. The van der Waals surface area contributed by atoms with Gasteiger partial charge in [0.1, 0.15) is 29.0 Å². The van der Waals surface area contributed by atoms with Gasteiger partial charge in [-0.05, 0) is 45.0 Å². The molecule has 31 heavy (non-hydrogen) atoms. The third-order valence-electron chi connectivity index (χ3n) is 5.32. The molecule has 0 bridgehead atoms. The van der Waals surface area contributed by atoms with E-state index < -0.39 is 5.60 Å². The van der Waals surface area contributed by atoms with Crippen LogP contribution in [0.5, 0.6) is 5.75 Å². The van der Waals surface area contributed by atoms with E-state index in [0.717, 1.165) is 40.8 Å². The lowest BCUT2D eigenvalue weighted by Crippen LogP contribution is -2.44. The summed E-state index contributed by atoms with van der Waals surface area (Å²) in [6.45, 7) is 6.83. The SMILES string of the molecule is Cn1nc(-c2cccc(F)c2)c2ccc(OC3CCN(C(=O)OC(C)(C)C)CC3)cc21. The number of aromatic nitrogens is 2. The summed E-state index contributed by atoms with van der Waals surface area (Å²) < 4.78 is 27.1. The minimum Gasteiger partial charge on any atom is -0.490 e. The van der Waals surface area contributed by atoms with E-state index in [4.69, 9.17) is 9.47 Å². The van der Waals surface area contributed by atoms with Crippen LogP contribution in [-0.4, -0.2) is 45.6 Å². The molecule has 164 valence electrons. The van der Waals surface area contributed by atoms with Crippen molar-refractivity contribution in [1.29, 1.82) is 0 Å². The highest BCUT2D eigenvalue weighted by Crippen LogP contribution is 2.31. The van der Waals surface area contributed by atoms with E-state index in [1.54, 1.807) is 15.6 Å². The highest BCUT2D eigenvalue weighted by atomic mass is 19.1. The normalized spacial score (nSPS) is 15.3. The van der Waals surface area contributed by atoms with Gasteiger partial charge in [-0.2, -0.15) is 5.10 Å². The summed E-state index contributed by atoms with van der Waals surface area (Å²) in [6.07, 6.45) is 1.26. The molecule has 4 rings (SSSR count). The average Bonchev–Trinajstić information content (AvgIpc) is 3.03. The van der Waals surface area contributed by atoms with E-state index in [1.807, 2.05) is 52.1 Å². The Morgan fingerprint density at radius 2 is 1.87 bits per heavy atom. The van der Waals surface area contributed by atoms with Gasteiger partial charge in [0, 0.05) is 50.0 Å². The Labute approximate surface area is 181 Å². The fraction of sp³-hybridized carbons (Fsp3) is 0.417. The number of amides is 1. The second-order valence-electron chi connectivity index (χ2n) is 8.95. The van der Waals surface area contributed by atoms with Crippen molar-refractivity contribution in [3.63, 3.8) is 0 Å². The molecular formula is C24H28FN3O3. The summed E-state index contributed by atoms with van der Waals surface area (Å²) in [5.74, 6) is 0.478. The maximum Gasteiger partial charge on any atom is 0.410 e. The third kappa shape index (κ3) is 4.81. The molecule has 0 atom stereocenters. The number of hydrogen-bond acceptors (Lipinski definition) is 4. The molecule has 1 saturated heterocycles. The van der Waals surface area contributed by atoms with Crippen molar-refractivity contribution < 1.29 is 18.7 Å². The highest BCUT2D eigenvalue weighted by Gasteiger charge is 2.27. The molecule has 0 spiro atoms. The lowest BCUT2D eigenvalue weighted by molar-refractivity contribution is 0.0127. The van der Waals surface area contributed by atoms with E-state index in [1.165, 1.54) is 12.1 Å². The number of benzene rings is 2. The largest absolute Gasteiger partial charge is 0.490 e. The fourth-order valence-corrected chi connectivity index (χ4v) is 3.83. The molecule has 2 heterocycles. The molecule has 0 N–H and O–H groups in total. The van der Waals surface area contributed by atoms with Crippen LogP contribution in [0.25, 0.3) is 22.2 Å². The zero-order chi connectivity index (χ0) is 22.2. The zero-order valence-corrected chi connectivity index (χ0v) is 18.4. The zero-order valence-electron chi connectivity index (χ0n) is 18.4. The van der Waals surface area contributed by atoms with Gasteiger partial charge in [-0.3, -0.25) is 4.68 Å². The summed E-state index contributed by atoms with van der Waals surface area (Å²) in [6, 6.07) is 12.3. The van der Waals surface area contributed by atoms with Crippen molar-refractivity contribution in [2.75, 3.05) is 13.1 Å². The van der Waals surface area contributed by atoms with Crippen LogP contribution in [0, 0.1) is 5.82 Å². The maximum absolute atomic E-state index is 13.7. The number of likely N-dealkylation sites (tertiary alicyclic amines) is 1. The van der Waals surface area contributed by atoms with Crippen LogP contribution in [0.4, 0.5) is 9.18 Å². The van der Waals surface area contributed by atoms with Gasteiger partial charge in [-0.25, -0.2) is 9.18 Å². The minimum atomic E-state index is -0.493. The number of carbonyl (C=O) groups excluding carboxylic acids is 1. The summed E-state index contributed by atoms with van der Waals surface area (Å²) in [5.41, 5.74) is 1.92. The molecule has 1 aliphatic rings. The summed E-state index contributed by atoms with van der Waals surface area (Å²) in [5, 5.41) is 5.53. The molecular weight excluding hydrogens is 397 g/mol. The number of carbonyl (C=O) groups is 1. The number of fused-ring (bicyclic) bond motifs is 1. The number of hydrogen-bond donors (Lipinski definition) is 0. The van der Waals surface area contributed by atoms with Crippen LogP contribution < -0.4 is 4.74 Å². The standard InChI is InChI=1S/C24H28FN3O3/c1-24(2,3)31-23(29)28-12-10-18(11-13-28)30-19-8-9-20-21(15-19)27(4)26-22(20)16-6-5-7-17(25)14-16/h5-9,14-15,18H,10-13H2,1-4H3. The Bertz CT molecular complexity index is 1100. The van der Waals surface area contributed by atoms with Crippen molar-refractivity contribution in [3.8, 4) is 17.0 Å². The maximum atomic E-state index is 13.7. The van der Waals surface area contributed by atoms with Crippen molar-refractivity contribution in [1.82, 2.24) is 14.7 Å². The highest BCUT2D eigenvalue weighted by molar-refractivity contribution is 5.94. The second kappa shape index (κ2) is 8.21. The molecule has 1 fully saturated rings. The van der Waals surface area contributed by atoms with Gasteiger partial charge in [0.15, 0.2) is 0 Å². The first-order valence-electron chi connectivity index (χ1n) is 10.6. The number of ether oxygens (including phenoxy) is 2. The number of piperidine rings is 1. The van der Waals surface area contributed by atoms with Crippen LogP contribution in [-0.2, 0) is 11.8 Å². The quantitative estimate of drug-likeness (QED) is 0.582. The van der Waals surface area contributed by atoms with Gasteiger partial charge in [-0.1, -0.05) is 12.1 Å². The number of halogens is 1. The summed E-state index contributed by atoms with van der Waals surface area (Å²) >= 11 is 0. The molecule has 0 aliphatic carbocycles. The Hall–Kier alpha value is -3.09. The van der Waals surface area contributed by atoms with Crippen LogP contribution >= 0.6 is 0 Å². The van der Waals surface area contributed by atoms with Gasteiger partial charge < -0.3 is 14.4 Å². The molecule has 3 aromatic rings. The first-order chi connectivity index (χ1) is 14.7. The van der Waals surface area contributed by atoms with E-state index >= 15 is 0 Å². The first-order valence-corrected chi connectivity index (χ1v) is 10.6. The third-order valence-corrected chi connectivity index (χ3v) is 5.32. The molecule has 0 radical (unpaired) electrons. The van der Waals surface area contributed by atoms with Gasteiger partial charge in [0.05, 0.1) is 5.52 Å². The van der Waals surface area contributed by atoms with Gasteiger partial charge in [0.25, 0.3) is 0 Å². The van der Waals surface area contributed by atoms with Crippen LogP contribution in [0.3, 0.4) is 0 Å². The number of nitrogens with zero attached hydrogens (tertiary/aromatic N) is 3. The number of rotatable bonds is 3. The van der Waals surface area contributed by atoms with Gasteiger partial charge >= 0.3 is 6.09 Å². The minimum absolute atomic E-state index is 0.0343. The Balaban J connectivity index is 1.45. The van der Waals surface area contributed by atoms with Crippen molar-refractivity contribution >= 4 is 17.0 Å². The van der Waals surface area contributed by atoms with Crippen LogP contribution in [0.15, 0.2) is 42.5 Å². The van der Waals surface area contributed by atoms with Crippen molar-refractivity contribution in [2.24, 2.45) is 7.05 Å². The average molecular weight is 426 g/mol. The van der Waals surface area contributed by atoms with Crippen molar-refractivity contribution in [2.45, 2.75) is 45.3 Å².